The van der Waals surface area contributed by atoms with E-state index in [9.17, 15) is 4.79 Å². The van der Waals surface area contributed by atoms with Crippen LogP contribution in [0.3, 0.4) is 0 Å². The molecule has 0 spiro atoms. The van der Waals surface area contributed by atoms with Gasteiger partial charge in [-0.1, -0.05) is 12.1 Å². The molecular formula is C15H18N2O2. The Bertz CT molecular complexity index is 493. The first kappa shape index (κ1) is 13.4. The van der Waals surface area contributed by atoms with E-state index in [1.54, 1.807) is 4.90 Å². The number of carbonyl (C=O) groups is 1. The SMILES string of the molecule is Cc1cccc(OCCN2CCC(C#N)CC2=O)c1. The molecule has 1 aromatic carbocycles. The van der Waals surface area contributed by atoms with E-state index < -0.39 is 0 Å². The Morgan fingerprint density at radius 3 is 3.05 bits per heavy atom. The number of nitrogens with zero attached hydrogens (tertiary/aromatic N) is 2. The second-order valence-electron chi connectivity index (χ2n) is 4.86. The van der Waals surface area contributed by atoms with Crippen LogP contribution in [0.15, 0.2) is 24.3 Å². The van der Waals surface area contributed by atoms with Gasteiger partial charge in [-0.2, -0.15) is 5.26 Å². The molecule has 2 rings (SSSR count). The summed E-state index contributed by atoms with van der Waals surface area (Å²) in [5, 5.41) is 8.80. The molecule has 0 saturated carbocycles. The Labute approximate surface area is 113 Å². The van der Waals surface area contributed by atoms with Crippen LogP contribution >= 0.6 is 0 Å². The van der Waals surface area contributed by atoms with Crippen LogP contribution in [0.25, 0.3) is 0 Å². The van der Waals surface area contributed by atoms with Crippen LogP contribution in [-0.2, 0) is 4.79 Å². The number of hydrogen-bond donors (Lipinski definition) is 0. The zero-order valence-corrected chi connectivity index (χ0v) is 11.1. The number of nitriles is 1. The number of rotatable bonds is 4. The molecular weight excluding hydrogens is 240 g/mol. The van der Waals surface area contributed by atoms with E-state index in [4.69, 9.17) is 10.00 Å². The minimum Gasteiger partial charge on any atom is -0.492 e. The van der Waals surface area contributed by atoms with Gasteiger partial charge in [0.1, 0.15) is 12.4 Å². The number of piperidine rings is 1. The number of aryl methyl sites for hydroxylation is 1. The van der Waals surface area contributed by atoms with Gasteiger partial charge in [-0.3, -0.25) is 4.79 Å². The van der Waals surface area contributed by atoms with E-state index in [0.29, 0.717) is 26.1 Å². The molecule has 1 aromatic rings. The molecule has 1 aliphatic heterocycles. The average molecular weight is 258 g/mol. The lowest BCUT2D eigenvalue weighted by Gasteiger charge is -2.28. The molecule has 0 bridgehead atoms. The van der Waals surface area contributed by atoms with E-state index in [-0.39, 0.29) is 11.8 Å². The summed E-state index contributed by atoms with van der Waals surface area (Å²) < 4.78 is 5.63. The lowest BCUT2D eigenvalue weighted by atomic mass is 9.98. The molecule has 0 aromatic heterocycles. The summed E-state index contributed by atoms with van der Waals surface area (Å²) in [6.45, 7) is 3.76. The highest BCUT2D eigenvalue weighted by molar-refractivity contribution is 5.77. The average Bonchev–Trinajstić information content (AvgIpc) is 2.40. The van der Waals surface area contributed by atoms with Crippen LogP contribution in [-0.4, -0.2) is 30.5 Å². The predicted molar refractivity (Wildman–Crippen MR) is 71.6 cm³/mol. The molecule has 1 saturated heterocycles. The summed E-state index contributed by atoms with van der Waals surface area (Å²) >= 11 is 0. The summed E-state index contributed by atoms with van der Waals surface area (Å²) in [4.78, 5) is 13.6. The molecule has 1 atom stereocenters. The van der Waals surface area contributed by atoms with Crippen LogP contribution in [0, 0.1) is 24.2 Å². The summed E-state index contributed by atoms with van der Waals surface area (Å²) in [5.74, 6) is 0.784. The highest BCUT2D eigenvalue weighted by Crippen LogP contribution is 2.17. The largest absolute Gasteiger partial charge is 0.492 e. The molecule has 1 fully saturated rings. The number of likely N-dealkylation sites (tertiary alicyclic amines) is 1. The van der Waals surface area contributed by atoms with Crippen molar-refractivity contribution in [3.8, 4) is 11.8 Å². The Morgan fingerprint density at radius 1 is 1.53 bits per heavy atom. The van der Waals surface area contributed by atoms with Crippen molar-refractivity contribution < 1.29 is 9.53 Å². The Balaban J connectivity index is 1.77. The van der Waals surface area contributed by atoms with Gasteiger partial charge in [-0.15, -0.1) is 0 Å². The van der Waals surface area contributed by atoms with E-state index in [1.807, 2.05) is 31.2 Å². The van der Waals surface area contributed by atoms with Gasteiger partial charge in [0.2, 0.25) is 5.91 Å². The minimum atomic E-state index is -0.110. The van der Waals surface area contributed by atoms with Crippen LogP contribution in [0.2, 0.25) is 0 Å². The van der Waals surface area contributed by atoms with Gasteiger partial charge in [0, 0.05) is 13.0 Å². The zero-order valence-electron chi connectivity index (χ0n) is 11.1. The standard InChI is InChI=1S/C15H18N2O2/c1-12-3-2-4-14(9-12)19-8-7-17-6-5-13(11-16)10-15(17)18/h2-4,9,13H,5-8,10H2,1H3. The number of ether oxygens (including phenoxy) is 1. The molecule has 0 N–H and O–H groups in total. The van der Waals surface area contributed by atoms with Gasteiger partial charge in [0.15, 0.2) is 0 Å². The smallest absolute Gasteiger partial charge is 0.224 e. The first-order chi connectivity index (χ1) is 9.19. The zero-order chi connectivity index (χ0) is 13.7. The fourth-order valence-electron chi connectivity index (χ4n) is 2.20. The predicted octanol–water partition coefficient (Wildman–Crippen LogP) is 2.14. The third kappa shape index (κ3) is 3.72. The molecule has 0 radical (unpaired) electrons. The first-order valence-electron chi connectivity index (χ1n) is 6.56. The quantitative estimate of drug-likeness (QED) is 0.831. The lowest BCUT2D eigenvalue weighted by Crippen LogP contribution is -2.40. The van der Waals surface area contributed by atoms with Gasteiger partial charge >= 0.3 is 0 Å². The number of benzene rings is 1. The van der Waals surface area contributed by atoms with Gasteiger partial charge in [0.05, 0.1) is 18.5 Å². The summed E-state index contributed by atoms with van der Waals surface area (Å²) in [6.07, 6.45) is 1.12. The maximum atomic E-state index is 11.8. The maximum absolute atomic E-state index is 11.8. The third-order valence-corrected chi connectivity index (χ3v) is 3.32. The van der Waals surface area contributed by atoms with Crippen LogP contribution < -0.4 is 4.74 Å². The first-order valence-corrected chi connectivity index (χ1v) is 6.56. The Hall–Kier alpha value is -2.02. The van der Waals surface area contributed by atoms with Crippen LogP contribution in [0.1, 0.15) is 18.4 Å². The van der Waals surface area contributed by atoms with Crippen molar-refractivity contribution in [1.82, 2.24) is 4.90 Å². The van der Waals surface area contributed by atoms with Crippen molar-refractivity contribution in [3.05, 3.63) is 29.8 Å². The van der Waals surface area contributed by atoms with Crippen LogP contribution in [0.5, 0.6) is 5.75 Å². The Morgan fingerprint density at radius 2 is 2.37 bits per heavy atom. The number of carbonyl (C=O) groups excluding carboxylic acids is 1. The van der Waals surface area contributed by atoms with E-state index >= 15 is 0 Å². The molecule has 1 unspecified atom stereocenters. The van der Waals surface area contributed by atoms with Gasteiger partial charge in [0.25, 0.3) is 0 Å². The van der Waals surface area contributed by atoms with Crippen LogP contribution in [0.4, 0.5) is 0 Å². The summed E-state index contributed by atoms with van der Waals surface area (Å²) in [7, 11) is 0. The molecule has 4 nitrogen and oxygen atoms in total. The second-order valence-corrected chi connectivity index (χ2v) is 4.86. The highest BCUT2D eigenvalue weighted by Gasteiger charge is 2.25. The van der Waals surface area contributed by atoms with Gasteiger partial charge in [-0.25, -0.2) is 0 Å². The molecule has 1 aliphatic rings. The maximum Gasteiger partial charge on any atom is 0.224 e. The summed E-state index contributed by atoms with van der Waals surface area (Å²) in [6, 6.07) is 10.0. The molecule has 100 valence electrons. The fraction of sp³-hybridized carbons (Fsp3) is 0.467. The monoisotopic (exact) mass is 258 g/mol. The molecule has 4 heteroatoms. The molecule has 19 heavy (non-hydrogen) atoms. The van der Waals surface area contributed by atoms with Crippen molar-refractivity contribution in [2.45, 2.75) is 19.8 Å². The summed E-state index contributed by atoms with van der Waals surface area (Å²) in [5.41, 5.74) is 1.16. The van der Waals surface area contributed by atoms with Crippen molar-refractivity contribution in [2.24, 2.45) is 5.92 Å². The fourth-order valence-corrected chi connectivity index (χ4v) is 2.20. The van der Waals surface area contributed by atoms with E-state index in [0.717, 1.165) is 17.7 Å². The normalized spacial score (nSPS) is 19.1. The topological polar surface area (TPSA) is 53.3 Å². The second kappa shape index (κ2) is 6.24. The van der Waals surface area contributed by atoms with E-state index in [2.05, 4.69) is 6.07 Å². The number of hydrogen-bond acceptors (Lipinski definition) is 3. The van der Waals surface area contributed by atoms with Crippen molar-refractivity contribution in [3.63, 3.8) is 0 Å². The van der Waals surface area contributed by atoms with Crippen molar-refractivity contribution in [1.29, 1.82) is 5.26 Å². The third-order valence-electron chi connectivity index (χ3n) is 3.32. The molecule has 1 amide bonds. The highest BCUT2D eigenvalue weighted by atomic mass is 16.5. The number of amides is 1. The molecule has 0 aliphatic carbocycles. The molecule has 1 heterocycles. The van der Waals surface area contributed by atoms with Gasteiger partial charge < -0.3 is 9.64 Å². The minimum absolute atomic E-state index is 0.0608. The van der Waals surface area contributed by atoms with Gasteiger partial charge in [-0.05, 0) is 31.0 Å². The van der Waals surface area contributed by atoms with Crippen molar-refractivity contribution in [2.75, 3.05) is 19.7 Å². The van der Waals surface area contributed by atoms with Crippen molar-refractivity contribution >= 4 is 5.91 Å². The lowest BCUT2D eigenvalue weighted by molar-refractivity contribution is -0.134. The van der Waals surface area contributed by atoms with E-state index in [1.165, 1.54) is 0 Å². The Kier molecular flexibility index (Phi) is 4.40.